The molecule has 0 bridgehead atoms. The first-order valence-electron chi connectivity index (χ1n) is 5.65. The second kappa shape index (κ2) is 5.05. The normalized spacial score (nSPS) is 16.3. The summed E-state index contributed by atoms with van der Waals surface area (Å²) >= 11 is 0. The highest BCUT2D eigenvalue weighted by Crippen LogP contribution is 2.27. The van der Waals surface area contributed by atoms with Crippen LogP contribution in [0.1, 0.15) is 32.1 Å². The van der Waals surface area contributed by atoms with Crippen molar-refractivity contribution in [2.24, 2.45) is 5.92 Å². The van der Waals surface area contributed by atoms with Crippen LogP contribution in [0.15, 0.2) is 18.3 Å². The molecule has 0 aliphatic heterocycles. The number of pyridine rings is 1. The van der Waals surface area contributed by atoms with E-state index in [9.17, 15) is 9.18 Å². The first-order valence-corrected chi connectivity index (χ1v) is 5.65. The number of rotatable bonds is 3. The first kappa shape index (κ1) is 11.0. The van der Waals surface area contributed by atoms with E-state index in [0.29, 0.717) is 18.0 Å². The molecule has 1 aliphatic carbocycles. The van der Waals surface area contributed by atoms with Gasteiger partial charge in [-0.05, 0) is 30.9 Å². The molecule has 86 valence electrons. The van der Waals surface area contributed by atoms with E-state index in [4.69, 9.17) is 0 Å². The van der Waals surface area contributed by atoms with Gasteiger partial charge in [0, 0.05) is 6.42 Å². The lowest BCUT2D eigenvalue weighted by molar-refractivity contribution is -0.117. The molecule has 16 heavy (non-hydrogen) atoms. The van der Waals surface area contributed by atoms with Gasteiger partial charge in [0.2, 0.25) is 11.9 Å². The summed E-state index contributed by atoms with van der Waals surface area (Å²) in [6.45, 7) is 0. The van der Waals surface area contributed by atoms with Crippen LogP contribution < -0.4 is 5.32 Å². The quantitative estimate of drug-likeness (QED) is 0.799. The van der Waals surface area contributed by atoms with Gasteiger partial charge in [0.05, 0.1) is 11.9 Å². The molecular weight excluding hydrogens is 207 g/mol. The first-order chi connectivity index (χ1) is 7.74. The molecule has 0 saturated heterocycles. The van der Waals surface area contributed by atoms with E-state index in [1.54, 1.807) is 0 Å². The van der Waals surface area contributed by atoms with Gasteiger partial charge in [-0.15, -0.1) is 0 Å². The standard InChI is InChI=1S/C12H15FN2O/c13-11-6-5-10(8-14-11)15-12(16)7-9-3-1-2-4-9/h5-6,8-9H,1-4,7H2,(H,15,16). The minimum absolute atomic E-state index is 0.000285. The highest BCUT2D eigenvalue weighted by atomic mass is 19.1. The van der Waals surface area contributed by atoms with Crippen molar-refractivity contribution in [2.75, 3.05) is 5.32 Å². The fourth-order valence-corrected chi connectivity index (χ4v) is 2.14. The molecule has 2 rings (SSSR count). The van der Waals surface area contributed by atoms with Crippen LogP contribution in [0.25, 0.3) is 0 Å². The van der Waals surface area contributed by atoms with Crippen molar-refractivity contribution in [3.8, 4) is 0 Å². The Kier molecular flexibility index (Phi) is 3.49. The molecule has 1 N–H and O–H groups in total. The summed E-state index contributed by atoms with van der Waals surface area (Å²) in [5.41, 5.74) is 0.560. The number of hydrogen-bond acceptors (Lipinski definition) is 2. The van der Waals surface area contributed by atoms with Crippen LogP contribution in [0, 0.1) is 11.9 Å². The maximum Gasteiger partial charge on any atom is 0.224 e. The second-order valence-electron chi connectivity index (χ2n) is 4.27. The summed E-state index contributed by atoms with van der Waals surface area (Å²) in [6, 6.07) is 2.76. The number of carbonyl (C=O) groups is 1. The number of hydrogen-bond donors (Lipinski definition) is 1. The van der Waals surface area contributed by atoms with Crippen LogP contribution in [0.2, 0.25) is 0 Å². The molecule has 0 unspecified atom stereocenters. The van der Waals surface area contributed by atoms with Crippen molar-refractivity contribution < 1.29 is 9.18 Å². The number of aromatic nitrogens is 1. The van der Waals surface area contributed by atoms with E-state index in [2.05, 4.69) is 10.3 Å². The molecule has 0 spiro atoms. The van der Waals surface area contributed by atoms with Crippen LogP contribution in [0.4, 0.5) is 10.1 Å². The van der Waals surface area contributed by atoms with Gasteiger partial charge in [-0.1, -0.05) is 12.8 Å². The fraction of sp³-hybridized carbons (Fsp3) is 0.500. The minimum atomic E-state index is -0.534. The van der Waals surface area contributed by atoms with Gasteiger partial charge in [-0.3, -0.25) is 4.79 Å². The summed E-state index contributed by atoms with van der Waals surface area (Å²) in [7, 11) is 0. The molecule has 1 saturated carbocycles. The molecule has 1 aromatic heterocycles. The second-order valence-corrected chi connectivity index (χ2v) is 4.27. The monoisotopic (exact) mass is 222 g/mol. The third-order valence-corrected chi connectivity index (χ3v) is 2.96. The van der Waals surface area contributed by atoms with Gasteiger partial charge in [-0.25, -0.2) is 4.98 Å². The van der Waals surface area contributed by atoms with Crippen molar-refractivity contribution in [1.82, 2.24) is 4.98 Å². The Bertz CT molecular complexity index is 358. The lowest BCUT2D eigenvalue weighted by Gasteiger charge is -2.09. The zero-order valence-corrected chi connectivity index (χ0v) is 9.08. The maximum atomic E-state index is 12.5. The predicted octanol–water partition coefficient (Wildman–Crippen LogP) is 2.74. The summed E-state index contributed by atoms with van der Waals surface area (Å²) in [4.78, 5) is 15.1. The highest BCUT2D eigenvalue weighted by molar-refractivity contribution is 5.90. The Morgan fingerprint density at radius 1 is 1.44 bits per heavy atom. The number of nitrogens with zero attached hydrogens (tertiary/aromatic N) is 1. The lowest BCUT2D eigenvalue weighted by Crippen LogP contribution is -2.15. The smallest absolute Gasteiger partial charge is 0.224 e. The van der Waals surface area contributed by atoms with Gasteiger partial charge in [0.25, 0.3) is 0 Å². The van der Waals surface area contributed by atoms with Crippen LogP contribution in [-0.2, 0) is 4.79 Å². The van der Waals surface area contributed by atoms with Crippen LogP contribution in [-0.4, -0.2) is 10.9 Å². The number of anilines is 1. The van der Waals surface area contributed by atoms with Gasteiger partial charge in [-0.2, -0.15) is 4.39 Å². The lowest BCUT2D eigenvalue weighted by atomic mass is 10.0. The average Bonchev–Trinajstić information content (AvgIpc) is 2.74. The molecule has 0 radical (unpaired) electrons. The number of nitrogens with one attached hydrogen (secondary N) is 1. The highest BCUT2D eigenvalue weighted by Gasteiger charge is 2.18. The van der Waals surface area contributed by atoms with Gasteiger partial charge < -0.3 is 5.32 Å². The molecule has 1 aliphatic rings. The van der Waals surface area contributed by atoms with Gasteiger partial charge in [0.15, 0.2) is 0 Å². The molecule has 1 aromatic rings. The van der Waals surface area contributed by atoms with Gasteiger partial charge >= 0.3 is 0 Å². The molecule has 4 heteroatoms. The van der Waals surface area contributed by atoms with E-state index in [1.165, 1.54) is 31.2 Å². The Hall–Kier alpha value is -1.45. The number of carbonyl (C=O) groups excluding carboxylic acids is 1. The summed E-state index contributed by atoms with van der Waals surface area (Å²) < 4.78 is 12.5. The number of amides is 1. The van der Waals surface area contributed by atoms with Crippen molar-refractivity contribution in [3.63, 3.8) is 0 Å². The van der Waals surface area contributed by atoms with E-state index in [-0.39, 0.29) is 5.91 Å². The number of halogens is 1. The van der Waals surface area contributed by atoms with Crippen LogP contribution in [0.3, 0.4) is 0 Å². The summed E-state index contributed by atoms with van der Waals surface area (Å²) in [6.07, 6.45) is 6.66. The average molecular weight is 222 g/mol. The third kappa shape index (κ3) is 3.02. The molecule has 3 nitrogen and oxygen atoms in total. The van der Waals surface area contributed by atoms with Crippen molar-refractivity contribution >= 4 is 11.6 Å². The van der Waals surface area contributed by atoms with Gasteiger partial charge in [0.1, 0.15) is 0 Å². The maximum absolute atomic E-state index is 12.5. The molecule has 1 amide bonds. The Labute approximate surface area is 94.1 Å². The molecule has 0 aromatic carbocycles. The molecule has 1 heterocycles. The third-order valence-electron chi connectivity index (χ3n) is 2.96. The Balaban J connectivity index is 1.84. The summed E-state index contributed by atoms with van der Waals surface area (Å²) in [5.74, 6) is -0.0116. The fourth-order valence-electron chi connectivity index (χ4n) is 2.14. The van der Waals surface area contributed by atoms with Crippen molar-refractivity contribution in [1.29, 1.82) is 0 Å². The van der Waals surface area contributed by atoms with Crippen molar-refractivity contribution in [3.05, 3.63) is 24.3 Å². The molecule has 1 fully saturated rings. The van der Waals surface area contributed by atoms with E-state index in [0.717, 1.165) is 12.8 Å². The Morgan fingerprint density at radius 3 is 2.81 bits per heavy atom. The van der Waals surface area contributed by atoms with E-state index in [1.807, 2.05) is 0 Å². The van der Waals surface area contributed by atoms with Crippen LogP contribution in [0.5, 0.6) is 0 Å². The van der Waals surface area contributed by atoms with Crippen molar-refractivity contribution in [2.45, 2.75) is 32.1 Å². The Morgan fingerprint density at radius 2 is 2.19 bits per heavy atom. The predicted molar refractivity (Wildman–Crippen MR) is 59.4 cm³/mol. The SMILES string of the molecule is O=C(CC1CCCC1)Nc1ccc(F)nc1. The molecular formula is C12H15FN2O. The largest absolute Gasteiger partial charge is 0.325 e. The van der Waals surface area contributed by atoms with E-state index < -0.39 is 5.95 Å². The topological polar surface area (TPSA) is 42.0 Å². The zero-order chi connectivity index (χ0) is 11.4. The summed E-state index contributed by atoms with van der Waals surface area (Å²) in [5, 5.41) is 2.73. The zero-order valence-electron chi connectivity index (χ0n) is 9.08. The molecule has 0 atom stereocenters. The van der Waals surface area contributed by atoms with Crippen LogP contribution >= 0.6 is 0 Å². The minimum Gasteiger partial charge on any atom is -0.325 e. The van der Waals surface area contributed by atoms with E-state index >= 15 is 0 Å².